The monoisotopic (exact) mass is 234 g/mol. The predicted octanol–water partition coefficient (Wildman–Crippen LogP) is -1.44. The highest BCUT2D eigenvalue weighted by Crippen LogP contribution is 2.23. The van der Waals surface area contributed by atoms with Gasteiger partial charge in [-0.25, -0.2) is 0 Å². The van der Waals surface area contributed by atoms with Crippen molar-refractivity contribution in [2.24, 2.45) is 0 Å². The molecule has 0 aromatic heterocycles. The van der Waals surface area contributed by atoms with Gasteiger partial charge in [-0.2, -0.15) is 0 Å². The Bertz CT molecular complexity index is 277. The molecular formula is C9H14O7. The minimum atomic E-state index is -1.45. The Morgan fingerprint density at radius 1 is 1.25 bits per heavy atom. The minimum Gasteiger partial charge on any atom is -0.463 e. The SMILES string of the molecule is CC(=O)OCC1OC(O)C(O)C1OC(C)=O. The lowest BCUT2D eigenvalue weighted by molar-refractivity contribution is -0.159. The second-order valence-corrected chi connectivity index (χ2v) is 3.43. The highest BCUT2D eigenvalue weighted by Gasteiger charge is 2.45. The van der Waals surface area contributed by atoms with E-state index in [-0.39, 0.29) is 6.61 Å². The first-order chi connectivity index (χ1) is 7.41. The molecule has 16 heavy (non-hydrogen) atoms. The number of aliphatic hydroxyl groups is 2. The lowest BCUT2D eigenvalue weighted by atomic mass is 10.1. The molecule has 0 aromatic rings. The van der Waals surface area contributed by atoms with Gasteiger partial charge in [0.05, 0.1) is 0 Å². The van der Waals surface area contributed by atoms with Crippen molar-refractivity contribution in [3.63, 3.8) is 0 Å². The maximum Gasteiger partial charge on any atom is 0.303 e. The molecule has 0 radical (unpaired) electrons. The molecule has 0 bridgehead atoms. The van der Waals surface area contributed by atoms with Crippen molar-refractivity contribution in [1.29, 1.82) is 0 Å². The number of rotatable bonds is 3. The van der Waals surface area contributed by atoms with Crippen LogP contribution in [-0.2, 0) is 23.8 Å². The Kier molecular flexibility index (Phi) is 4.22. The smallest absolute Gasteiger partial charge is 0.303 e. The molecule has 1 fully saturated rings. The molecule has 0 saturated carbocycles. The zero-order valence-corrected chi connectivity index (χ0v) is 8.95. The quantitative estimate of drug-likeness (QED) is 0.576. The molecule has 0 aliphatic carbocycles. The number of ether oxygens (including phenoxy) is 3. The van der Waals surface area contributed by atoms with E-state index < -0.39 is 36.5 Å². The molecule has 0 amide bonds. The summed E-state index contributed by atoms with van der Waals surface area (Å²) in [7, 11) is 0. The third kappa shape index (κ3) is 3.16. The Morgan fingerprint density at radius 3 is 2.38 bits per heavy atom. The van der Waals surface area contributed by atoms with Crippen molar-refractivity contribution >= 4 is 11.9 Å². The fraction of sp³-hybridized carbons (Fsp3) is 0.778. The molecule has 0 aromatic carbocycles. The van der Waals surface area contributed by atoms with E-state index in [0.29, 0.717) is 0 Å². The average molecular weight is 234 g/mol. The van der Waals surface area contributed by atoms with Crippen molar-refractivity contribution < 1.29 is 34.0 Å². The Hall–Kier alpha value is -1.18. The summed E-state index contributed by atoms with van der Waals surface area (Å²) in [6.45, 7) is 2.18. The molecular weight excluding hydrogens is 220 g/mol. The first kappa shape index (κ1) is 12.9. The van der Waals surface area contributed by atoms with Crippen LogP contribution in [-0.4, -0.2) is 53.4 Å². The molecule has 1 rings (SSSR count). The van der Waals surface area contributed by atoms with Gasteiger partial charge >= 0.3 is 11.9 Å². The number of aliphatic hydroxyl groups excluding tert-OH is 2. The third-order valence-electron chi connectivity index (χ3n) is 2.06. The van der Waals surface area contributed by atoms with Gasteiger partial charge in [0.25, 0.3) is 0 Å². The summed E-state index contributed by atoms with van der Waals surface area (Å²) >= 11 is 0. The van der Waals surface area contributed by atoms with Crippen molar-refractivity contribution in [2.75, 3.05) is 6.61 Å². The van der Waals surface area contributed by atoms with Crippen molar-refractivity contribution in [3.8, 4) is 0 Å². The zero-order chi connectivity index (χ0) is 12.3. The lowest BCUT2D eigenvalue weighted by Gasteiger charge is -2.19. The molecule has 4 unspecified atom stereocenters. The summed E-state index contributed by atoms with van der Waals surface area (Å²) in [5.41, 5.74) is 0. The minimum absolute atomic E-state index is 0.193. The Balaban J connectivity index is 2.59. The first-order valence-corrected chi connectivity index (χ1v) is 4.74. The van der Waals surface area contributed by atoms with Gasteiger partial charge in [-0.05, 0) is 0 Å². The summed E-state index contributed by atoms with van der Waals surface area (Å²) in [4.78, 5) is 21.3. The standard InChI is InChI=1S/C9H14O7/c1-4(10)14-3-6-8(15-5(2)11)7(12)9(13)16-6/h6-9,12-13H,3H2,1-2H3. The van der Waals surface area contributed by atoms with Crippen LogP contribution in [0.5, 0.6) is 0 Å². The van der Waals surface area contributed by atoms with E-state index in [9.17, 15) is 19.8 Å². The van der Waals surface area contributed by atoms with E-state index in [0.717, 1.165) is 0 Å². The maximum absolute atomic E-state index is 10.8. The van der Waals surface area contributed by atoms with Gasteiger partial charge in [0.15, 0.2) is 12.4 Å². The van der Waals surface area contributed by atoms with Gasteiger partial charge in [0.1, 0.15) is 18.8 Å². The number of hydrogen-bond donors (Lipinski definition) is 2. The first-order valence-electron chi connectivity index (χ1n) is 4.74. The second-order valence-electron chi connectivity index (χ2n) is 3.43. The Morgan fingerprint density at radius 2 is 1.88 bits per heavy atom. The van der Waals surface area contributed by atoms with Crippen LogP contribution < -0.4 is 0 Å². The molecule has 1 aliphatic rings. The van der Waals surface area contributed by atoms with Gasteiger partial charge in [-0.3, -0.25) is 9.59 Å². The summed E-state index contributed by atoms with van der Waals surface area (Å²) in [5, 5.41) is 18.7. The second kappa shape index (κ2) is 5.24. The Labute approximate surface area is 91.9 Å². The highest BCUT2D eigenvalue weighted by atomic mass is 16.7. The van der Waals surface area contributed by atoms with Crippen LogP contribution >= 0.6 is 0 Å². The van der Waals surface area contributed by atoms with Crippen molar-refractivity contribution in [1.82, 2.24) is 0 Å². The molecule has 92 valence electrons. The molecule has 2 N–H and O–H groups in total. The van der Waals surface area contributed by atoms with Gasteiger partial charge in [-0.15, -0.1) is 0 Å². The number of hydrogen-bond acceptors (Lipinski definition) is 7. The molecule has 0 spiro atoms. The van der Waals surface area contributed by atoms with Crippen LogP contribution in [0, 0.1) is 0 Å². The van der Waals surface area contributed by atoms with Crippen LogP contribution in [0.3, 0.4) is 0 Å². The van der Waals surface area contributed by atoms with E-state index in [4.69, 9.17) is 9.47 Å². The normalized spacial score (nSPS) is 33.5. The highest BCUT2D eigenvalue weighted by molar-refractivity contribution is 5.66. The van der Waals surface area contributed by atoms with Crippen LogP contribution in [0.15, 0.2) is 0 Å². The molecule has 7 heteroatoms. The van der Waals surface area contributed by atoms with Gasteiger partial charge in [-0.1, -0.05) is 0 Å². The molecule has 1 heterocycles. The zero-order valence-electron chi connectivity index (χ0n) is 8.95. The summed E-state index contributed by atoms with van der Waals surface area (Å²) < 4.78 is 14.3. The van der Waals surface area contributed by atoms with E-state index in [1.807, 2.05) is 0 Å². The van der Waals surface area contributed by atoms with E-state index in [1.54, 1.807) is 0 Å². The fourth-order valence-corrected chi connectivity index (χ4v) is 1.39. The lowest BCUT2D eigenvalue weighted by Crippen LogP contribution is -2.38. The number of esters is 2. The van der Waals surface area contributed by atoms with Gasteiger partial charge in [0.2, 0.25) is 0 Å². The maximum atomic E-state index is 10.8. The summed E-state index contributed by atoms with van der Waals surface area (Å²) in [6.07, 6.45) is -4.70. The van der Waals surface area contributed by atoms with Gasteiger partial charge < -0.3 is 24.4 Å². The van der Waals surface area contributed by atoms with Crippen molar-refractivity contribution in [2.45, 2.75) is 38.4 Å². The molecule has 4 atom stereocenters. The van der Waals surface area contributed by atoms with E-state index in [2.05, 4.69) is 4.74 Å². The summed E-state index contributed by atoms with van der Waals surface area (Å²) in [5.74, 6) is -1.14. The van der Waals surface area contributed by atoms with E-state index in [1.165, 1.54) is 13.8 Å². The third-order valence-corrected chi connectivity index (χ3v) is 2.06. The largest absolute Gasteiger partial charge is 0.463 e. The van der Waals surface area contributed by atoms with Gasteiger partial charge in [0, 0.05) is 13.8 Å². The number of carbonyl (C=O) groups is 2. The summed E-state index contributed by atoms with van der Waals surface area (Å²) in [6, 6.07) is 0. The van der Waals surface area contributed by atoms with Crippen LogP contribution in [0.2, 0.25) is 0 Å². The van der Waals surface area contributed by atoms with Crippen LogP contribution in [0.4, 0.5) is 0 Å². The average Bonchev–Trinajstić information content (AvgIpc) is 2.42. The van der Waals surface area contributed by atoms with Crippen LogP contribution in [0.25, 0.3) is 0 Å². The molecule has 7 nitrogen and oxygen atoms in total. The molecule has 1 aliphatic heterocycles. The topological polar surface area (TPSA) is 102 Å². The number of carbonyl (C=O) groups excluding carboxylic acids is 2. The predicted molar refractivity (Wildman–Crippen MR) is 49.1 cm³/mol. The van der Waals surface area contributed by atoms with Crippen molar-refractivity contribution in [3.05, 3.63) is 0 Å². The van der Waals surface area contributed by atoms with E-state index >= 15 is 0 Å². The fourth-order valence-electron chi connectivity index (χ4n) is 1.39. The molecule has 1 saturated heterocycles. The van der Waals surface area contributed by atoms with Crippen LogP contribution in [0.1, 0.15) is 13.8 Å².